The van der Waals surface area contributed by atoms with E-state index in [0.29, 0.717) is 6.67 Å². The van der Waals surface area contributed by atoms with Crippen LogP contribution in [-0.2, 0) is 6.67 Å². The summed E-state index contributed by atoms with van der Waals surface area (Å²) in [6, 6.07) is 20.4. The Morgan fingerprint density at radius 2 is 1.70 bits per heavy atom. The van der Waals surface area contributed by atoms with E-state index in [1.807, 2.05) is 41.1 Å². The molecule has 2 aromatic carbocycles. The van der Waals surface area contributed by atoms with Crippen LogP contribution in [0.1, 0.15) is 5.56 Å². The zero-order valence-electron chi connectivity index (χ0n) is 18.2. The predicted molar refractivity (Wildman–Crippen MR) is 129 cm³/mol. The molecule has 1 saturated heterocycles. The molecule has 33 heavy (non-hydrogen) atoms. The number of fused-ring (bicyclic) bond motifs is 3. The number of nitrogens with zero attached hydrogens (tertiary/aromatic N) is 9. The van der Waals surface area contributed by atoms with Crippen molar-refractivity contribution < 1.29 is 0 Å². The van der Waals surface area contributed by atoms with Gasteiger partial charge in [0.15, 0.2) is 5.65 Å². The molecule has 0 N–H and O–H groups in total. The van der Waals surface area contributed by atoms with Gasteiger partial charge in [0.2, 0.25) is 10.7 Å². The van der Waals surface area contributed by atoms with Crippen molar-refractivity contribution >= 4 is 34.7 Å². The number of piperazine rings is 1. The molecule has 0 amide bonds. The molecule has 0 radical (unpaired) electrons. The molecule has 3 aromatic heterocycles. The minimum absolute atomic E-state index is 0.658. The van der Waals surface area contributed by atoms with E-state index in [1.54, 1.807) is 4.68 Å². The number of para-hydroxylation sites is 2. The van der Waals surface area contributed by atoms with Gasteiger partial charge in [-0.3, -0.25) is 9.30 Å². The largest absolute Gasteiger partial charge is 0.337 e. The second kappa shape index (κ2) is 8.05. The topological polar surface area (TPSA) is 72.3 Å². The van der Waals surface area contributed by atoms with Gasteiger partial charge in [-0.15, -0.1) is 0 Å². The first kappa shape index (κ1) is 20.0. The third kappa shape index (κ3) is 3.47. The van der Waals surface area contributed by atoms with Gasteiger partial charge in [0.1, 0.15) is 0 Å². The highest BCUT2D eigenvalue weighted by Crippen LogP contribution is 2.22. The van der Waals surface area contributed by atoms with Crippen molar-refractivity contribution in [2.45, 2.75) is 13.6 Å². The molecular weight excluding hydrogens is 434 g/mol. The van der Waals surface area contributed by atoms with Crippen LogP contribution < -0.4 is 4.90 Å². The van der Waals surface area contributed by atoms with Crippen LogP contribution in [0.25, 0.3) is 22.2 Å². The Labute approximate surface area is 195 Å². The molecule has 1 fully saturated rings. The Morgan fingerprint density at radius 3 is 2.52 bits per heavy atom. The molecule has 6 rings (SSSR count). The second-order valence-corrected chi connectivity index (χ2v) is 8.66. The molecule has 0 unspecified atom stereocenters. The third-order valence-corrected chi connectivity index (χ3v) is 6.62. The first-order valence-electron chi connectivity index (χ1n) is 11.0. The zero-order valence-corrected chi connectivity index (χ0v) is 19.1. The Hall–Kier alpha value is -3.63. The molecule has 1 aliphatic heterocycles. The van der Waals surface area contributed by atoms with E-state index in [-0.39, 0.29) is 0 Å². The number of aryl methyl sites for hydroxylation is 1. The smallest absolute Gasteiger partial charge is 0.250 e. The quantitative estimate of drug-likeness (QED) is 0.384. The number of aromatic nitrogens is 7. The van der Waals surface area contributed by atoms with Crippen LogP contribution in [0.5, 0.6) is 0 Å². The maximum atomic E-state index is 5.82. The van der Waals surface area contributed by atoms with Crippen molar-refractivity contribution in [1.29, 1.82) is 0 Å². The van der Waals surface area contributed by atoms with Crippen LogP contribution in [0.3, 0.4) is 0 Å². The highest BCUT2D eigenvalue weighted by Gasteiger charge is 2.23. The number of tetrazole rings is 1. The Morgan fingerprint density at radius 1 is 0.939 bits per heavy atom. The van der Waals surface area contributed by atoms with Gasteiger partial charge >= 0.3 is 0 Å². The van der Waals surface area contributed by atoms with E-state index in [0.717, 1.165) is 53.7 Å². The predicted octanol–water partition coefficient (Wildman–Crippen LogP) is 3.08. The Bertz CT molecular complexity index is 1490. The lowest BCUT2D eigenvalue weighted by Gasteiger charge is -2.34. The minimum atomic E-state index is 0.658. The molecule has 0 spiro atoms. The van der Waals surface area contributed by atoms with Gasteiger partial charge in [0, 0.05) is 31.6 Å². The van der Waals surface area contributed by atoms with E-state index in [4.69, 9.17) is 17.3 Å². The van der Waals surface area contributed by atoms with Crippen LogP contribution in [0.4, 0.5) is 5.95 Å². The molecule has 0 atom stereocenters. The van der Waals surface area contributed by atoms with E-state index < -0.39 is 0 Å². The van der Waals surface area contributed by atoms with Gasteiger partial charge < -0.3 is 4.90 Å². The van der Waals surface area contributed by atoms with Gasteiger partial charge in [-0.1, -0.05) is 41.5 Å². The van der Waals surface area contributed by atoms with E-state index in [9.17, 15) is 0 Å². The summed E-state index contributed by atoms with van der Waals surface area (Å²) in [5.74, 6) is 0.770. The molecule has 0 saturated carbocycles. The molecule has 1 aliphatic rings. The summed E-state index contributed by atoms with van der Waals surface area (Å²) < 4.78 is 6.51. The van der Waals surface area contributed by atoms with Crippen molar-refractivity contribution in [3.8, 4) is 5.69 Å². The van der Waals surface area contributed by atoms with E-state index in [1.165, 1.54) is 10.9 Å². The van der Waals surface area contributed by atoms with Crippen LogP contribution in [0, 0.1) is 11.7 Å². The summed E-state index contributed by atoms with van der Waals surface area (Å²) in [4.78, 5) is 4.59. The summed E-state index contributed by atoms with van der Waals surface area (Å²) in [6.07, 6.45) is 0. The molecule has 0 bridgehead atoms. The lowest BCUT2D eigenvalue weighted by molar-refractivity contribution is 0.194. The molecular formula is C23H23N9S. The lowest BCUT2D eigenvalue weighted by Crippen LogP contribution is -2.47. The van der Waals surface area contributed by atoms with E-state index >= 15 is 0 Å². The number of pyridine rings is 1. The fourth-order valence-corrected chi connectivity index (χ4v) is 4.80. The maximum Gasteiger partial charge on any atom is 0.250 e. The van der Waals surface area contributed by atoms with Crippen molar-refractivity contribution in [1.82, 2.24) is 39.3 Å². The molecule has 0 aliphatic carbocycles. The van der Waals surface area contributed by atoms with Crippen LogP contribution in [-0.4, -0.2) is 65.5 Å². The van der Waals surface area contributed by atoms with Crippen LogP contribution in [0.15, 0.2) is 60.7 Å². The highest BCUT2D eigenvalue weighted by atomic mass is 32.1. The minimum Gasteiger partial charge on any atom is -0.337 e. The Kier molecular flexibility index (Phi) is 4.88. The van der Waals surface area contributed by atoms with Crippen molar-refractivity contribution in [3.63, 3.8) is 0 Å². The SMILES string of the molecule is Cc1cc2nn(CN3CCN(c4nnnn4-c4ccccc4)CC3)c(=S)n2c2ccccc12. The maximum absolute atomic E-state index is 5.82. The summed E-state index contributed by atoms with van der Waals surface area (Å²) in [5, 5.41) is 18.4. The number of anilines is 1. The molecule has 166 valence electrons. The summed E-state index contributed by atoms with van der Waals surface area (Å²) in [7, 11) is 0. The van der Waals surface area contributed by atoms with Crippen molar-refractivity contribution in [2.24, 2.45) is 0 Å². The van der Waals surface area contributed by atoms with Gasteiger partial charge in [0.05, 0.1) is 17.9 Å². The van der Waals surface area contributed by atoms with Crippen LogP contribution >= 0.6 is 12.2 Å². The van der Waals surface area contributed by atoms with Crippen molar-refractivity contribution in [3.05, 3.63) is 71.0 Å². The Balaban J connectivity index is 1.22. The average Bonchev–Trinajstić information content (AvgIpc) is 3.46. The molecule has 5 aromatic rings. The summed E-state index contributed by atoms with van der Waals surface area (Å²) in [5.41, 5.74) is 4.15. The molecule has 10 heteroatoms. The standard InChI is InChI=1S/C23H23N9S/c1-17-15-21-25-30(23(33)31(21)20-10-6-5-9-19(17)20)16-28-11-13-29(14-12-28)22-24-26-27-32(22)18-7-3-2-4-8-18/h2-10,15H,11-14,16H2,1H3. The number of rotatable bonds is 4. The normalized spacial score (nSPS) is 15.0. The fraction of sp³-hybridized carbons (Fsp3) is 0.261. The average molecular weight is 458 g/mol. The lowest BCUT2D eigenvalue weighted by atomic mass is 10.1. The monoisotopic (exact) mass is 457 g/mol. The van der Waals surface area contributed by atoms with Gasteiger partial charge in [-0.2, -0.15) is 9.78 Å². The number of hydrogen-bond acceptors (Lipinski definition) is 7. The summed E-state index contributed by atoms with van der Waals surface area (Å²) >= 11 is 5.82. The first-order valence-corrected chi connectivity index (χ1v) is 11.4. The zero-order chi connectivity index (χ0) is 22.4. The van der Waals surface area contributed by atoms with Gasteiger partial charge in [-0.25, -0.2) is 4.68 Å². The second-order valence-electron chi connectivity index (χ2n) is 8.29. The fourth-order valence-electron chi connectivity index (χ4n) is 4.50. The van der Waals surface area contributed by atoms with Gasteiger partial charge in [0.25, 0.3) is 0 Å². The summed E-state index contributed by atoms with van der Waals surface area (Å²) in [6.45, 7) is 6.18. The number of benzene rings is 2. The highest BCUT2D eigenvalue weighted by molar-refractivity contribution is 7.71. The third-order valence-electron chi connectivity index (χ3n) is 6.22. The molecule has 4 heterocycles. The molecule has 9 nitrogen and oxygen atoms in total. The van der Waals surface area contributed by atoms with E-state index in [2.05, 4.69) is 60.9 Å². The van der Waals surface area contributed by atoms with Gasteiger partial charge in [-0.05, 0) is 59.4 Å². The van der Waals surface area contributed by atoms with Crippen molar-refractivity contribution in [2.75, 3.05) is 31.1 Å². The van der Waals surface area contributed by atoms with Crippen LogP contribution in [0.2, 0.25) is 0 Å². The first-order chi connectivity index (χ1) is 16.2. The number of hydrogen-bond donors (Lipinski definition) is 0.